The van der Waals surface area contributed by atoms with Crippen LogP contribution in [0.1, 0.15) is 68.9 Å². The first kappa shape index (κ1) is 27.7. The number of halogens is 1. The molecule has 220 valence electrons. The number of carbonyl (C=O) groups excluding carboxylic acids is 1. The molecule has 4 aliphatic heterocycles. The van der Waals surface area contributed by atoms with Gasteiger partial charge in [0.2, 0.25) is 0 Å². The Labute approximate surface area is 253 Å². The van der Waals surface area contributed by atoms with Crippen LogP contribution in [0.25, 0.3) is 0 Å². The zero-order valence-corrected chi connectivity index (χ0v) is 25.7. The minimum atomic E-state index is 0.00272. The van der Waals surface area contributed by atoms with E-state index in [1.54, 1.807) is 0 Å². The molecule has 4 unspecified atom stereocenters. The Balaban J connectivity index is 1.17. The van der Waals surface area contributed by atoms with Gasteiger partial charge in [0.15, 0.2) is 0 Å². The quantitative estimate of drug-likeness (QED) is 0.378. The van der Waals surface area contributed by atoms with E-state index in [-0.39, 0.29) is 17.4 Å². The van der Waals surface area contributed by atoms with Crippen LogP contribution in [0.5, 0.6) is 5.75 Å². The lowest BCUT2D eigenvalue weighted by molar-refractivity contribution is -0.0918. The summed E-state index contributed by atoms with van der Waals surface area (Å²) in [4.78, 5) is 18.6. The molecule has 2 aromatic carbocycles. The third kappa shape index (κ3) is 5.43. The summed E-state index contributed by atoms with van der Waals surface area (Å²) in [7, 11) is 0. The van der Waals surface area contributed by atoms with Crippen LogP contribution in [0.3, 0.4) is 0 Å². The summed E-state index contributed by atoms with van der Waals surface area (Å²) in [6.45, 7) is 7.27. The predicted octanol–water partition coefficient (Wildman–Crippen LogP) is 7.29. The number of fused-ring (bicyclic) bond motifs is 4. The maximum atomic E-state index is 13.0. The van der Waals surface area contributed by atoms with Crippen molar-refractivity contribution in [3.63, 3.8) is 0 Å². The largest absolute Gasteiger partial charge is 0.491 e. The van der Waals surface area contributed by atoms with Crippen molar-refractivity contribution in [1.29, 1.82) is 0 Å². The summed E-state index contributed by atoms with van der Waals surface area (Å²) in [5.74, 6) is 2.56. The Morgan fingerprint density at radius 2 is 1.93 bits per heavy atom. The molecule has 3 fully saturated rings. The topological polar surface area (TPSA) is 54.0 Å². The highest BCUT2D eigenvalue weighted by Crippen LogP contribution is 2.48. The third-order valence-corrected chi connectivity index (χ3v) is 11.4. The van der Waals surface area contributed by atoms with E-state index in [9.17, 15) is 4.79 Å². The van der Waals surface area contributed by atoms with Gasteiger partial charge in [-0.1, -0.05) is 37.4 Å². The second kappa shape index (κ2) is 11.5. The monoisotopic (exact) mass is 595 g/mol. The van der Waals surface area contributed by atoms with E-state index in [4.69, 9.17) is 21.1 Å². The van der Waals surface area contributed by atoms with E-state index in [0.29, 0.717) is 24.5 Å². The highest BCUT2D eigenvalue weighted by molar-refractivity contribution is 7.98. The Bertz CT molecular complexity index is 1280. The number of urea groups is 1. The van der Waals surface area contributed by atoms with Gasteiger partial charge in [-0.05, 0) is 104 Å². The lowest BCUT2D eigenvalue weighted by Crippen LogP contribution is -2.63. The van der Waals surface area contributed by atoms with Crippen LogP contribution in [0.2, 0.25) is 5.02 Å². The first-order valence-corrected chi connectivity index (χ1v) is 16.8. The first-order valence-electron chi connectivity index (χ1n) is 15.6. The Morgan fingerprint density at radius 1 is 1.05 bits per heavy atom. The van der Waals surface area contributed by atoms with Crippen molar-refractivity contribution in [2.24, 2.45) is 17.3 Å². The number of nitrogens with one attached hydrogen (secondary N) is 1. The molecule has 8 rings (SSSR count). The van der Waals surface area contributed by atoms with Crippen LogP contribution in [-0.2, 0) is 11.2 Å². The standard InChI is InChI=1S/C33H42ClN3O3S/c1-2-4-23-15-26(34)8-10-28(23)25-18-36-17-24-7-6-22(24)12-14-39-31-5-3-13-33(31)20-37(21-33)32(38)35-41-27-9-11-30(40-19-25)29(36)16-27/h8-11,15-16,22,24-25,31H,2-7,12-14,17-21H2,1H3,(H,35,38). The van der Waals surface area contributed by atoms with Gasteiger partial charge in [0.05, 0.1) is 18.4 Å². The van der Waals surface area contributed by atoms with E-state index in [1.807, 2.05) is 11.0 Å². The Kier molecular flexibility index (Phi) is 7.80. The molecule has 2 aromatic rings. The van der Waals surface area contributed by atoms with Crippen LogP contribution in [0.15, 0.2) is 41.3 Å². The van der Waals surface area contributed by atoms with Gasteiger partial charge in [0.25, 0.3) is 0 Å². The fraction of sp³-hybridized carbons (Fsp3) is 0.606. The Hall–Kier alpha value is -2.09. The molecule has 0 radical (unpaired) electrons. The fourth-order valence-electron chi connectivity index (χ4n) is 8.01. The van der Waals surface area contributed by atoms with Gasteiger partial charge in [-0.3, -0.25) is 4.72 Å². The maximum Gasteiger partial charge on any atom is 0.327 e. The highest BCUT2D eigenvalue weighted by Gasteiger charge is 2.53. The van der Waals surface area contributed by atoms with Gasteiger partial charge in [-0.25, -0.2) is 4.79 Å². The number of amides is 2. The molecule has 1 saturated heterocycles. The summed E-state index contributed by atoms with van der Waals surface area (Å²) < 4.78 is 16.2. The number of nitrogens with zero attached hydrogens (tertiary/aromatic N) is 2. The van der Waals surface area contributed by atoms with Gasteiger partial charge in [-0.2, -0.15) is 0 Å². The fourth-order valence-corrected chi connectivity index (χ4v) is 8.85. The lowest BCUT2D eigenvalue weighted by atomic mass is 9.71. The maximum absolute atomic E-state index is 13.0. The molecule has 1 N–H and O–H groups in total. The molecule has 2 aliphatic carbocycles. The molecule has 2 amide bonds. The summed E-state index contributed by atoms with van der Waals surface area (Å²) >= 11 is 7.84. The van der Waals surface area contributed by atoms with Crippen LogP contribution in [0, 0.1) is 17.3 Å². The van der Waals surface area contributed by atoms with Crippen LogP contribution >= 0.6 is 23.5 Å². The SMILES string of the molecule is CCCc1cc(Cl)ccc1C1COc2ccc3cc2N(C1)CC1CCC1CCOC1CCCC12CN(C2)C(=O)NS3. The zero-order valence-electron chi connectivity index (χ0n) is 24.1. The zero-order chi connectivity index (χ0) is 28.0. The summed E-state index contributed by atoms with van der Waals surface area (Å²) in [6, 6.07) is 12.8. The van der Waals surface area contributed by atoms with E-state index < -0.39 is 0 Å². The molecule has 0 aromatic heterocycles. The minimum absolute atomic E-state index is 0.00272. The van der Waals surface area contributed by atoms with Gasteiger partial charge >= 0.3 is 6.03 Å². The molecule has 4 atom stereocenters. The third-order valence-electron chi connectivity index (χ3n) is 10.4. The average Bonchev–Trinajstić information content (AvgIpc) is 3.28. The van der Waals surface area contributed by atoms with Crippen LogP contribution < -0.4 is 14.4 Å². The van der Waals surface area contributed by atoms with Crippen molar-refractivity contribution in [1.82, 2.24) is 9.62 Å². The van der Waals surface area contributed by atoms with Crippen molar-refractivity contribution in [2.75, 3.05) is 44.3 Å². The molecule has 6 aliphatic rings. The molecule has 4 bridgehead atoms. The molecular formula is C33H42ClN3O3S. The summed E-state index contributed by atoms with van der Waals surface area (Å²) in [5.41, 5.74) is 4.00. The van der Waals surface area contributed by atoms with Crippen LogP contribution in [0.4, 0.5) is 10.5 Å². The second-order valence-corrected chi connectivity index (χ2v) is 14.3. The van der Waals surface area contributed by atoms with Gasteiger partial charge < -0.3 is 19.3 Å². The molecule has 6 nitrogen and oxygen atoms in total. The molecule has 4 heterocycles. The normalized spacial score (nSPS) is 31.4. The smallest absolute Gasteiger partial charge is 0.327 e. The highest BCUT2D eigenvalue weighted by atomic mass is 35.5. The molecule has 2 saturated carbocycles. The lowest BCUT2D eigenvalue weighted by Gasteiger charge is -2.51. The molecule has 41 heavy (non-hydrogen) atoms. The number of hydrogen-bond acceptors (Lipinski definition) is 5. The van der Waals surface area contributed by atoms with Gasteiger partial charge in [0, 0.05) is 54.0 Å². The number of benzene rings is 2. The minimum Gasteiger partial charge on any atom is -0.491 e. The molecule has 8 heteroatoms. The average molecular weight is 596 g/mol. The number of hydrogen-bond donors (Lipinski definition) is 1. The van der Waals surface area contributed by atoms with Crippen molar-refractivity contribution < 1.29 is 14.3 Å². The van der Waals surface area contributed by atoms with E-state index in [1.165, 1.54) is 48.8 Å². The van der Waals surface area contributed by atoms with Crippen molar-refractivity contribution in [2.45, 2.75) is 75.2 Å². The van der Waals surface area contributed by atoms with E-state index in [0.717, 1.165) is 79.8 Å². The van der Waals surface area contributed by atoms with Crippen molar-refractivity contribution in [3.05, 3.63) is 52.5 Å². The first-order chi connectivity index (χ1) is 20.0. The van der Waals surface area contributed by atoms with Crippen LogP contribution in [-0.4, -0.2) is 56.4 Å². The van der Waals surface area contributed by atoms with Gasteiger partial charge in [-0.15, -0.1) is 0 Å². The number of rotatable bonds is 3. The number of anilines is 1. The number of carbonyl (C=O) groups is 1. The number of ether oxygens (including phenoxy) is 2. The summed E-state index contributed by atoms with van der Waals surface area (Å²) in [5, 5.41) is 0.802. The van der Waals surface area contributed by atoms with Crippen molar-refractivity contribution >= 4 is 35.3 Å². The Morgan fingerprint density at radius 3 is 2.76 bits per heavy atom. The van der Waals surface area contributed by atoms with Gasteiger partial charge in [0.1, 0.15) is 5.75 Å². The van der Waals surface area contributed by atoms with E-state index in [2.05, 4.69) is 46.9 Å². The second-order valence-electron chi connectivity index (χ2n) is 13.0. The summed E-state index contributed by atoms with van der Waals surface area (Å²) in [6.07, 6.45) is 9.62. The molecular weight excluding hydrogens is 554 g/mol. The predicted molar refractivity (Wildman–Crippen MR) is 165 cm³/mol. The number of aryl methyl sites for hydroxylation is 1. The van der Waals surface area contributed by atoms with Crippen molar-refractivity contribution in [3.8, 4) is 5.75 Å². The van der Waals surface area contributed by atoms with E-state index >= 15 is 0 Å². The molecule has 1 spiro atoms.